The van der Waals surface area contributed by atoms with Crippen molar-refractivity contribution in [1.82, 2.24) is 0 Å². The Morgan fingerprint density at radius 3 is 2.31 bits per heavy atom. The van der Waals surface area contributed by atoms with Gasteiger partial charge in [0.05, 0.1) is 0 Å². The van der Waals surface area contributed by atoms with Gasteiger partial charge in [0.15, 0.2) is 0 Å². The van der Waals surface area contributed by atoms with E-state index < -0.39 is 3.23 Å². The first-order chi connectivity index (χ1) is 7.45. The van der Waals surface area contributed by atoms with Crippen LogP contribution in [0.15, 0.2) is 24.3 Å². The zero-order valence-electron chi connectivity index (χ0n) is 8.70. The monoisotopic (exact) mass is 394 g/mol. The standard InChI is InChI=1S/C10H10Cl2O2Se2/c1-7(13)10(11,12)16-15-9-5-3-8(14-2)4-6-9/h3-6H,1-2H3/i7+1,10+1. The predicted molar refractivity (Wildman–Crippen MR) is 69.3 cm³/mol. The van der Waals surface area contributed by atoms with Crippen molar-refractivity contribution in [3.8, 4) is 5.75 Å². The molecular weight excluding hydrogens is 383 g/mol. The Morgan fingerprint density at radius 2 is 1.88 bits per heavy atom. The fourth-order valence-electron chi connectivity index (χ4n) is 0.790. The summed E-state index contributed by atoms with van der Waals surface area (Å²) < 4.78 is 5.04. The third kappa shape index (κ3) is 4.29. The molecule has 1 aromatic rings. The summed E-state index contributed by atoms with van der Waals surface area (Å²) in [5.41, 5.74) is 0. The summed E-state index contributed by atoms with van der Waals surface area (Å²) in [6.45, 7) is 1.42. The van der Waals surface area contributed by atoms with Crippen molar-refractivity contribution in [2.45, 2.75) is 10.2 Å². The van der Waals surface area contributed by atoms with Gasteiger partial charge in [-0.05, 0) is 0 Å². The Bertz CT molecular complexity index is 366. The molecule has 0 aromatic heterocycles. The van der Waals surface area contributed by atoms with E-state index in [0.717, 1.165) is 5.75 Å². The molecule has 0 aliphatic heterocycles. The molecule has 16 heavy (non-hydrogen) atoms. The number of ether oxygens (including phenoxy) is 1. The van der Waals surface area contributed by atoms with Crippen molar-refractivity contribution in [2.75, 3.05) is 7.11 Å². The number of carbonyl (C=O) groups is 1. The number of methoxy groups -OCH3 is 1. The van der Waals surface area contributed by atoms with Crippen molar-refractivity contribution in [3.05, 3.63) is 24.3 Å². The summed E-state index contributed by atoms with van der Waals surface area (Å²) in [4.78, 5) is 11.1. The van der Waals surface area contributed by atoms with E-state index in [9.17, 15) is 4.79 Å². The molecule has 0 N–H and O–H groups in total. The maximum atomic E-state index is 11.1. The van der Waals surface area contributed by atoms with Crippen molar-refractivity contribution >= 4 is 59.7 Å². The number of ketones is 1. The molecule has 1 rings (SSSR count). The van der Waals surface area contributed by atoms with Gasteiger partial charge in [-0.2, -0.15) is 0 Å². The van der Waals surface area contributed by atoms with Gasteiger partial charge in [-0.25, -0.2) is 0 Å². The summed E-state index contributed by atoms with van der Waals surface area (Å²) in [7, 11) is 1.63. The van der Waals surface area contributed by atoms with E-state index in [1.807, 2.05) is 24.3 Å². The Balaban J connectivity index is 2.58. The molecule has 0 radical (unpaired) electrons. The second kappa shape index (κ2) is 6.30. The van der Waals surface area contributed by atoms with Crippen LogP contribution >= 0.6 is 23.2 Å². The van der Waals surface area contributed by atoms with Gasteiger partial charge in [0.2, 0.25) is 0 Å². The molecule has 0 heterocycles. The van der Waals surface area contributed by atoms with Crippen LogP contribution in [0.3, 0.4) is 0 Å². The number of carbonyl (C=O) groups excluding carboxylic acids is 1. The Labute approximate surface area is 116 Å². The Hall–Kier alpha value is 0.309. The van der Waals surface area contributed by atoms with Crippen LogP contribution in [0.1, 0.15) is 6.92 Å². The third-order valence-corrected chi connectivity index (χ3v) is 13.1. The molecule has 88 valence electrons. The molecule has 0 bridgehead atoms. The summed E-state index contributed by atoms with van der Waals surface area (Å²) >= 11 is 11.9. The summed E-state index contributed by atoms with van der Waals surface area (Å²) in [5.74, 6) is 0.646. The zero-order chi connectivity index (χ0) is 12.2. The number of benzene rings is 1. The molecule has 0 atom stereocenters. The molecule has 0 saturated carbocycles. The van der Waals surface area contributed by atoms with E-state index >= 15 is 0 Å². The fourth-order valence-corrected chi connectivity index (χ4v) is 8.36. The van der Waals surface area contributed by atoms with E-state index in [4.69, 9.17) is 27.9 Å². The second-order valence-electron chi connectivity index (χ2n) is 2.92. The number of rotatable bonds is 5. The summed E-state index contributed by atoms with van der Waals surface area (Å²) in [6, 6.07) is 7.74. The van der Waals surface area contributed by atoms with Gasteiger partial charge >= 0.3 is 117 Å². The van der Waals surface area contributed by atoms with Gasteiger partial charge in [-0.1, -0.05) is 0 Å². The van der Waals surface area contributed by atoms with Crippen LogP contribution in [0.25, 0.3) is 0 Å². The summed E-state index contributed by atoms with van der Waals surface area (Å²) in [6.07, 6.45) is 0. The topological polar surface area (TPSA) is 26.3 Å². The molecule has 0 amide bonds. The number of hydrogen-bond acceptors (Lipinski definition) is 2. The van der Waals surface area contributed by atoms with Gasteiger partial charge in [0.25, 0.3) is 0 Å². The molecule has 0 unspecified atom stereocenters. The first-order valence-corrected chi connectivity index (χ1v) is 11.1. The van der Waals surface area contributed by atoms with Crippen LogP contribution in [0, 0.1) is 0 Å². The first-order valence-electron chi connectivity index (χ1n) is 4.34. The molecule has 6 heteroatoms. The Kier molecular flexibility index (Phi) is 5.66. The Morgan fingerprint density at radius 1 is 1.31 bits per heavy atom. The van der Waals surface area contributed by atoms with Crippen molar-refractivity contribution < 1.29 is 9.53 Å². The number of alkyl halides is 2. The zero-order valence-corrected chi connectivity index (χ0v) is 13.6. The van der Waals surface area contributed by atoms with Crippen LogP contribution in [-0.4, -0.2) is 42.4 Å². The van der Waals surface area contributed by atoms with Crippen LogP contribution in [-0.2, 0) is 4.79 Å². The van der Waals surface area contributed by atoms with Crippen LogP contribution < -0.4 is 9.20 Å². The molecule has 2 nitrogen and oxygen atoms in total. The number of hydrogen-bond donors (Lipinski definition) is 0. The van der Waals surface area contributed by atoms with E-state index in [1.54, 1.807) is 7.11 Å². The normalized spacial score (nSPS) is 11.2. The second-order valence-corrected chi connectivity index (χ2v) is 11.9. The molecule has 0 fully saturated rings. The molecule has 1 aromatic carbocycles. The van der Waals surface area contributed by atoms with E-state index in [1.165, 1.54) is 11.4 Å². The minimum absolute atomic E-state index is 0.108. The number of Topliss-reactive ketones (excluding diaryl/α,β-unsaturated/α-hetero) is 1. The van der Waals surface area contributed by atoms with E-state index in [2.05, 4.69) is 0 Å². The predicted octanol–water partition coefficient (Wildman–Crippen LogP) is 1.36. The quantitative estimate of drug-likeness (QED) is 0.429. The maximum absolute atomic E-state index is 11.1. The number of halogens is 2. The molecule has 0 spiro atoms. The molecule has 0 saturated heterocycles. The first kappa shape index (κ1) is 14.4. The average Bonchev–Trinajstić information content (AvgIpc) is 2.27. The third-order valence-electron chi connectivity index (χ3n) is 1.71. The van der Waals surface area contributed by atoms with Gasteiger partial charge in [0, 0.05) is 0 Å². The van der Waals surface area contributed by atoms with Crippen molar-refractivity contribution in [1.29, 1.82) is 0 Å². The van der Waals surface area contributed by atoms with Crippen LogP contribution in [0.5, 0.6) is 5.75 Å². The van der Waals surface area contributed by atoms with E-state index in [0.29, 0.717) is 0 Å². The summed E-state index contributed by atoms with van der Waals surface area (Å²) in [5, 5.41) is 0. The van der Waals surface area contributed by atoms with Gasteiger partial charge < -0.3 is 0 Å². The van der Waals surface area contributed by atoms with Gasteiger partial charge in [-0.3, -0.25) is 0 Å². The fraction of sp³-hybridized carbons (Fsp3) is 0.300. The molecular formula is C10H10Cl2O2Se2. The van der Waals surface area contributed by atoms with Crippen LogP contribution in [0.4, 0.5) is 0 Å². The van der Waals surface area contributed by atoms with Crippen LogP contribution in [0.2, 0.25) is 0 Å². The SMILES string of the molecule is COc1ccc([Se][Se][13C](Cl)(Cl)[13C](C)=O)cc1. The average molecular weight is 393 g/mol. The van der Waals surface area contributed by atoms with Gasteiger partial charge in [-0.15, -0.1) is 0 Å². The van der Waals surface area contributed by atoms with Gasteiger partial charge in [0.1, 0.15) is 0 Å². The van der Waals surface area contributed by atoms with Crippen molar-refractivity contribution in [2.24, 2.45) is 0 Å². The van der Waals surface area contributed by atoms with Crippen molar-refractivity contribution in [3.63, 3.8) is 0 Å². The molecule has 0 aliphatic rings. The molecule has 0 aliphatic carbocycles. The van der Waals surface area contributed by atoms with E-state index in [-0.39, 0.29) is 32.0 Å². The minimum atomic E-state index is -1.19.